The normalized spacial score (nSPS) is 28.5. The fraction of sp³-hybridized carbons (Fsp3) is 0.714. The van der Waals surface area contributed by atoms with E-state index in [9.17, 15) is 13.2 Å². The molecule has 0 aromatic carbocycles. The number of rotatable bonds is 3. The van der Waals surface area contributed by atoms with Crippen molar-refractivity contribution in [1.29, 1.82) is 0 Å². The molecule has 3 heterocycles. The zero-order valence-electron chi connectivity index (χ0n) is 12.4. The Labute approximate surface area is 130 Å². The number of ether oxygens (including phenoxy) is 1. The highest BCUT2D eigenvalue weighted by Crippen LogP contribution is 2.22. The molecule has 1 aromatic heterocycles. The highest BCUT2D eigenvalue weighted by Gasteiger charge is 2.38. The first-order valence-electron chi connectivity index (χ1n) is 7.65. The maximum Gasteiger partial charge on any atom is 0.241 e. The molecule has 0 aliphatic carbocycles. The van der Waals surface area contributed by atoms with Gasteiger partial charge in [0, 0.05) is 25.5 Å². The summed E-state index contributed by atoms with van der Waals surface area (Å²) in [7, 11) is -3.29. The average Bonchev–Trinajstić information content (AvgIpc) is 2.99. The number of nitrogens with zero attached hydrogens (tertiary/aromatic N) is 3. The topological polar surface area (TPSA) is 81.5 Å². The molecule has 2 unspecified atom stereocenters. The maximum atomic E-state index is 12.6. The van der Waals surface area contributed by atoms with E-state index in [1.54, 1.807) is 15.8 Å². The van der Waals surface area contributed by atoms with Gasteiger partial charge >= 0.3 is 0 Å². The Hall–Kier alpha value is -1.41. The Morgan fingerprint density at radius 1 is 1.36 bits per heavy atom. The molecule has 0 spiro atoms. The predicted octanol–water partition coefficient (Wildman–Crippen LogP) is 0.0778. The molecule has 122 valence electrons. The van der Waals surface area contributed by atoms with Gasteiger partial charge in [0.1, 0.15) is 5.25 Å². The van der Waals surface area contributed by atoms with Gasteiger partial charge in [0.05, 0.1) is 25.0 Å². The Bertz CT molecular complexity index is 614. The van der Waals surface area contributed by atoms with Gasteiger partial charge in [-0.05, 0) is 18.9 Å². The first-order chi connectivity index (χ1) is 10.6. The van der Waals surface area contributed by atoms with Crippen LogP contribution in [0.5, 0.6) is 0 Å². The van der Waals surface area contributed by atoms with Crippen LogP contribution in [0.25, 0.3) is 0 Å². The molecule has 2 saturated heterocycles. The van der Waals surface area contributed by atoms with Crippen LogP contribution in [-0.4, -0.2) is 65.8 Å². The molecule has 2 fully saturated rings. The largest absolute Gasteiger partial charge is 0.373 e. The minimum atomic E-state index is -3.29. The van der Waals surface area contributed by atoms with E-state index in [1.165, 1.54) is 0 Å². The molecular formula is C14H21N3O4S. The maximum absolute atomic E-state index is 12.6. The Morgan fingerprint density at radius 2 is 2.23 bits per heavy atom. The van der Waals surface area contributed by atoms with Crippen molar-refractivity contribution in [3.63, 3.8) is 0 Å². The van der Waals surface area contributed by atoms with Crippen LogP contribution in [-0.2, 0) is 25.9 Å². The van der Waals surface area contributed by atoms with E-state index in [2.05, 4.69) is 5.10 Å². The Morgan fingerprint density at radius 3 is 2.95 bits per heavy atom. The lowest BCUT2D eigenvalue weighted by atomic mass is 10.1. The van der Waals surface area contributed by atoms with E-state index >= 15 is 0 Å². The van der Waals surface area contributed by atoms with Crippen LogP contribution in [0, 0.1) is 0 Å². The minimum absolute atomic E-state index is 0.129. The average molecular weight is 327 g/mol. The SMILES string of the molecule is O=C(C1CCCCS1(=O)=O)N1CCOC(Cn2cccn2)C1. The fourth-order valence-electron chi connectivity index (χ4n) is 3.08. The summed E-state index contributed by atoms with van der Waals surface area (Å²) in [5.41, 5.74) is 0. The molecule has 22 heavy (non-hydrogen) atoms. The standard InChI is InChI=1S/C14H21N3O4S/c18-14(13-4-1-2-9-22(13,19)20)16-7-8-21-12(10-16)11-17-6-3-5-15-17/h3,5-6,12-13H,1-2,4,7-11H2. The van der Waals surface area contributed by atoms with E-state index in [0.717, 1.165) is 6.42 Å². The zero-order chi connectivity index (χ0) is 15.6. The van der Waals surface area contributed by atoms with Crippen LogP contribution in [0.3, 0.4) is 0 Å². The van der Waals surface area contributed by atoms with Crippen molar-refractivity contribution in [3.05, 3.63) is 18.5 Å². The summed E-state index contributed by atoms with van der Waals surface area (Å²) in [6, 6.07) is 1.83. The van der Waals surface area contributed by atoms with Gasteiger partial charge in [-0.1, -0.05) is 6.42 Å². The lowest BCUT2D eigenvalue weighted by molar-refractivity contribution is -0.139. The van der Waals surface area contributed by atoms with Gasteiger partial charge in [-0.3, -0.25) is 9.48 Å². The van der Waals surface area contributed by atoms with Crippen molar-refractivity contribution >= 4 is 15.7 Å². The van der Waals surface area contributed by atoms with Crippen molar-refractivity contribution in [2.24, 2.45) is 0 Å². The van der Waals surface area contributed by atoms with Gasteiger partial charge in [0.15, 0.2) is 9.84 Å². The van der Waals surface area contributed by atoms with Crippen LogP contribution in [0.4, 0.5) is 0 Å². The molecule has 3 rings (SSSR count). The molecule has 2 atom stereocenters. The van der Waals surface area contributed by atoms with Crippen molar-refractivity contribution < 1.29 is 17.9 Å². The molecule has 1 amide bonds. The number of carbonyl (C=O) groups is 1. The quantitative estimate of drug-likeness (QED) is 0.785. The molecule has 0 saturated carbocycles. The van der Waals surface area contributed by atoms with E-state index < -0.39 is 15.1 Å². The predicted molar refractivity (Wildman–Crippen MR) is 80.0 cm³/mol. The minimum Gasteiger partial charge on any atom is -0.373 e. The number of carbonyl (C=O) groups excluding carboxylic acids is 1. The number of hydrogen-bond acceptors (Lipinski definition) is 5. The third kappa shape index (κ3) is 3.33. The van der Waals surface area contributed by atoms with Crippen molar-refractivity contribution in [2.45, 2.75) is 37.2 Å². The van der Waals surface area contributed by atoms with Crippen molar-refractivity contribution in [1.82, 2.24) is 14.7 Å². The number of aromatic nitrogens is 2. The summed E-state index contributed by atoms with van der Waals surface area (Å²) in [6.07, 6.45) is 5.30. The fourth-order valence-corrected chi connectivity index (χ4v) is 4.96. The molecule has 1 aromatic rings. The smallest absolute Gasteiger partial charge is 0.241 e. The summed E-state index contributed by atoms with van der Waals surface area (Å²) < 4.78 is 31.6. The summed E-state index contributed by atoms with van der Waals surface area (Å²) in [5.74, 6) is -0.127. The zero-order valence-corrected chi connectivity index (χ0v) is 13.2. The highest BCUT2D eigenvalue weighted by molar-refractivity contribution is 7.92. The Balaban J connectivity index is 1.65. The molecule has 2 aliphatic heterocycles. The first-order valence-corrected chi connectivity index (χ1v) is 9.37. The van der Waals surface area contributed by atoms with E-state index in [4.69, 9.17) is 4.74 Å². The van der Waals surface area contributed by atoms with Crippen LogP contribution < -0.4 is 0 Å². The lowest BCUT2D eigenvalue weighted by Gasteiger charge is -2.35. The first kappa shape index (κ1) is 15.5. The summed E-state index contributed by atoms with van der Waals surface area (Å²) in [5, 5.41) is 3.27. The number of hydrogen-bond donors (Lipinski definition) is 0. The van der Waals surface area contributed by atoms with E-state index in [1.807, 2.05) is 12.3 Å². The summed E-state index contributed by atoms with van der Waals surface area (Å²) in [6.45, 7) is 1.88. The van der Waals surface area contributed by atoms with Crippen LogP contribution in [0.1, 0.15) is 19.3 Å². The molecule has 8 heteroatoms. The molecule has 0 radical (unpaired) electrons. The molecule has 0 N–H and O–H groups in total. The second-order valence-electron chi connectivity index (χ2n) is 5.86. The van der Waals surface area contributed by atoms with Gasteiger partial charge in [-0.2, -0.15) is 5.10 Å². The van der Waals surface area contributed by atoms with Gasteiger partial charge in [0.25, 0.3) is 0 Å². The third-order valence-corrected chi connectivity index (χ3v) is 6.42. The monoisotopic (exact) mass is 327 g/mol. The number of sulfone groups is 1. The van der Waals surface area contributed by atoms with Crippen LogP contribution >= 0.6 is 0 Å². The van der Waals surface area contributed by atoms with Crippen LogP contribution in [0.2, 0.25) is 0 Å². The number of amides is 1. The van der Waals surface area contributed by atoms with Gasteiger partial charge in [-0.25, -0.2) is 8.42 Å². The number of morpholine rings is 1. The highest BCUT2D eigenvalue weighted by atomic mass is 32.2. The van der Waals surface area contributed by atoms with Crippen molar-refractivity contribution in [3.8, 4) is 0 Å². The van der Waals surface area contributed by atoms with Crippen molar-refractivity contribution in [2.75, 3.05) is 25.4 Å². The second-order valence-corrected chi connectivity index (χ2v) is 8.16. The summed E-state index contributed by atoms with van der Waals surface area (Å²) in [4.78, 5) is 14.2. The van der Waals surface area contributed by atoms with Gasteiger partial charge in [-0.15, -0.1) is 0 Å². The lowest BCUT2D eigenvalue weighted by Crippen LogP contribution is -2.52. The second kappa shape index (κ2) is 6.37. The third-order valence-electron chi connectivity index (χ3n) is 4.25. The van der Waals surface area contributed by atoms with E-state index in [-0.39, 0.29) is 17.8 Å². The molecule has 7 nitrogen and oxygen atoms in total. The van der Waals surface area contributed by atoms with Crippen LogP contribution in [0.15, 0.2) is 18.5 Å². The van der Waals surface area contributed by atoms with E-state index in [0.29, 0.717) is 39.1 Å². The molecule has 0 bridgehead atoms. The molecule has 2 aliphatic rings. The Kier molecular flexibility index (Phi) is 4.49. The van der Waals surface area contributed by atoms with Gasteiger partial charge in [0.2, 0.25) is 5.91 Å². The van der Waals surface area contributed by atoms with Gasteiger partial charge < -0.3 is 9.64 Å². The molecular weight excluding hydrogens is 306 g/mol. The summed E-state index contributed by atoms with van der Waals surface area (Å²) >= 11 is 0.